The van der Waals surface area contributed by atoms with Crippen molar-refractivity contribution in [2.45, 2.75) is 36.5 Å². The number of hydrogen-bond acceptors (Lipinski definition) is 5. The van der Waals surface area contributed by atoms with E-state index in [1.54, 1.807) is 0 Å². The van der Waals surface area contributed by atoms with E-state index in [0.29, 0.717) is 17.5 Å². The summed E-state index contributed by atoms with van der Waals surface area (Å²) in [7, 11) is -7.09. The fourth-order valence-electron chi connectivity index (χ4n) is 2.67. The van der Waals surface area contributed by atoms with Crippen molar-refractivity contribution in [3.05, 3.63) is 29.3 Å². The van der Waals surface area contributed by atoms with Crippen LogP contribution in [-0.2, 0) is 19.7 Å². The van der Waals surface area contributed by atoms with Crippen molar-refractivity contribution in [1.29, 1.82) is 0 Å². The van der Waals surface area contributed by atoms with E-state index in [0.717, 1.165) is 6.42 Å². The van der Waals surface area contributed by atoms with Gasteiger partial charge in [0.05, 0.1) is 21.7 Å². The Morgan fingerprint density at radius 1 is 1.22 bits per heavy atom. The van der Waals surface area contributed by atoms with E-state index >= 15 is 0 Å². The molecule has 0 amide bonds. The minimum Gasteiger partial charge on any atom is -0.312 e. The molecular formula is C15H22ClNO4S2. The summed E-state index contributed by atoms with van der Waals surface area (Å²) < 4.78 is 49.5. The lowest BCUT2D eigenvalue weighted by Gasteiger charge is -2.20. The lowest BCUT2D eigenvalue weighted by Crippen LogP contribution is -2.43. The van der Waals surface area contributed by atoms with E-state index in [1.807, 2.05) is 0 Å². The van der Waals surface area contributed by atoms with Crippen LogP contribution in [0.3, 0.4) is 0 Å². The summed E-state index contributed by atoms with van der Waals surface area (Å²) in [5.41, 5.74) is 0. The van der Waals surface area contributed by atoms with Crippen molar-refractivity contribution < 1.29 is 16.8 Å². The maximum absolute atomic E-state index is 12.8. The van der Waals surface area contributed by atoms with E-state index in [9.17, 15) is 16.8 Å². The third kappa shape index (κ3) is 4.68. The van der Waals surface area contributed by atoms with Crippen molar-refractivity contribution in [2.75, 3.05) is 18.1 Å². The SMILES string of the molecule is CC(C)CCNC1CS(=O)(=O)CC1S(=O)(=O)c1ccc(Cl)cc1. The summed E-state index contributed by atoms with van der Waals surface area (Å²) in [6.07, 6.45) is 0.865. The highest BCUT2D eigenvalue weighted by Crippen LogP contribution is 2.27. The average molecular weight is 380 g/mol. The van der Waals surface area contributed by atoms with Crippen molar-refractivity contribution >= 4 is 31.3 Å². The fourth-order valence-corrected chi connectivity index (χ4v) is 7.51. The minimum absolute atomic E-state index is 0.111. The number of hydrogen-bond donors (Lipinski definition) is 1. The van der Waals surface area contributed by atoms with Crippen LogP contribution in [0, 0.1) is 5.92 Å². The Balaban J connectivity index is 2.24. The molecule has 0 saturated carbocycles. The highest BCUT2D eigenvalue weighted by atomic mass is 35.5. The number of benzene rings is 1. The van der Waals surface area contributed by atoms with Gasteiger partial charge in [-0.1, -0.05) is 25.4 Å². The quantitative estimate of drug-likeness (QED) is 0.816. The van der Waals surface area contributed by atoms with Crippen molar-refractivity contribution in [3.63, 3.8) is 0 Å². The minimum atomic E-state index is -3.73. The molecule has 8 heteroatoms. The summed E-state index contributed by atoms with van der Waals surface area (Å²) in [6, 6.07) is 5.28. The summed E-state index contributed by atoms with van der Waals surface area (Å²) in [5, 5.41) is 2.60. The van der Waals surface area contributed by atoms with E-state index in [-0.39, 0.29) is 16.4 Å². The molecule has 1 heterocycles. The summed E-state index contributed by atoms with van der Waals surface area (Å²) >= 11 is 5.79. The first-order valence-corrected chi connectivity index (χ1v) is 11.3. The molecule has 0 aromatic heterocycles. The van der Waals surface area contributed by atoms with Crippen LogP contribution < -0.4 is 5.32 Å². The Hall–Kier alpha value is -0.630. The molecule has 23 heavy (non-hydrogen) atoms. The van der Waals surface area contributed by atoms with Gasteiger partial charge in [-0.25, -0.2) is 16.8 Å². The van der Waals surface area contributed by atoms with Crippen LogP contribution in [0.5, 0.6) is 0 Å². The first-order valence-electron chi connectivity index (χ1n) is 7.55. The zero-order chi connectivity index (χ0) is 17.3. The van der Waals surface area contributed by atoms with Gasteiger partial charge in [-0.05, 0) is 43.1 Å². The Labute approximate surface area is 143 Å². The monoisotopic (exact) mass is 379 g/mol. The first-order chi connectivity index (χ1) is 10.6. The Bertz CT molecular complexity index is 742. The second kappa shape index (κ2) is 7.09. The Morgan fingerprint density at radius 3 is 2.39 bits per heavy atom. The Morgan fingerprint density at radius 2 is 1.83 bits per heavy atom. The topological polar surface area (TPSA) is 80.3 Å². The second-order valence-corrected chi connectivity index (χ2v) is 11.1. The number of nitrogens with one attached hydrogen (secondary N) is 1. The largest absolute Gasteiger partial charge is 0.312 e. The normalized spacial score (nSPS) is 24.2. The molecule has 1 aromatic rings. The van der Waals surface area contributed by atoms with Crippen LogP contribution in [0.15, 0.2) is 29.2 Å². The molecule has 1 N–H and O–H groups in total. The molecule has 1 aliphatic heterocycles. The summed E-state index contributed by atoms with van der Waals surface area (Å²) in [5.74, 6) is -0.00767. The molecule has 1 aromatic carbocycles. The smallest absolute Gasteiger partial charge is 0.183 e. The standard InChI is InChI=1S/C15H22ClNO4S2/c1-11(2)7-8-17-14-9-22(18,19)10-15(14)23(20,21)13-5-3-12(16)4-6-13/h3-6,11,14-15,17H,7-10H2,1-2H3. The van der Waals surface area contributed by atoms with Gasteiger partial charge in [-0.3, -0.25) is 0 Å². The van der Waals surface area contributed by atoms with Gasteiger partial charge < -0.3 is 5.32 Å². The van der Waals surface area contributed by atoms with Crippen LogP contribution in [-0.4, -0.2) is 46.2 Å². The number of halogens is 1. The predicted molar refractivity (Wildman–Crippen MR) is 92.3 cm³/mol. The molecule has 0 radical (unpaired) electrons. The molecule has 2 atom stereocenters. The van der Waals surface area contributed by atoms with Gasteiger partial charge in [-0.15, -0.1) is 0 Å². The van der Waals surface area contributed by atoms with Crippen LogP contribution in [0.4, 0.5) is 0 Å². The van der Waals surface area contributed by atoms with Crippen LogP contribution in [0.25, 0.3) is 0 Å². The number of sulfone groups is 2. The first kappa shape index (κ1) is 18.7. The van der Waals surface area contributed by atoms with E-state index < -0.39 is 31.0 Å². The Kier molecular flexibility index (Phi) is 5.76. The molecule has 2 rings (SSSR count). The third-order valence-electron chi connectivity index (χ3n) is 3.97. The molecule has 0 spiro atoms. The maximum Gasteiger partial charge on any atom is 0.183 e. The van der Waals surface area contributed by atoms with Gasteiger partial charge in [-0.2, -0.15) is 0 Å². The molecule has 1 fully saturated rings. The summed E-state index contributed by atoms with van der Waals surface area (Å²) in [6.45, 7) is 4.73. The molecule has 130 valence electrons. The molecule has 1 aliphatic rings. The van der Waals surface area contributed by atoms with E-state index in [2.05, 4.69) is 19.2 Å². The molecule has 2 unspecified atom stereocenters. The second-order valence-electron chi connectivity index (χ2n) is 6.36. The van der Waals surface area contributed by atoms with Gasteiger partial charge in [0.1, 0.15) is 0 Å². The molecule has 0 bridgehead atoms. The van der Waals surface area contributed by atoms with E-state index in [4.69, 9.17) is 11.6 Å². The molecule has 1 saturated heterocycles. The van der Waals surface area contributed by atoms with Gasteiger partial charge in [0.15, 0.2) is 19.7 Å². The van der Waals surface area contributed by atoms with Crippen LogP contribution >= 0.6 is 11.6 Å². The predicted octanol–water partition coefficient (Wildman–Crippen LogP) is 1.92. The fraction of sp³-hybridized carbons (Fsp3) is 0.600. The average Bonchev–Trinajstić information content (AvgIpc) is 2.75. The summed E-state index contributed by atoms with van der Waals surface area (Å²) in [4.78, 5) is 0.111. The van der Waals surface area contributed by atoms with Gasteiger partial charge >= 0.3 is 0 Å². The molecular weight excluding hydrogens is 358 g/mol. The molecule has 0 aliphatic carbocycles. The third-order valence-corrected chi connectivity index (χ3v) is 8.39. The number of rotatable bonds is 6. The van der Waals surface area contributed by atoms with Gasteiger partial charge in [0.25, 0.3) is 0 Å². The zero-order valence-electron chi connectivity index (χ0n) is 13.2. The molecule has 5 nitrogen and oxygen atoms in total. The zero-order valence-corrected chi connectivity index (χ0v) is 15.6. The van der Waals surface area contributed by atoms with Crippen molar-refractivity contribution in [2.24, 2.45) is 5.92 Å². The maximum atomic E-state index is 12.8. The highest BCUT2D eigenvalue weighted by molar-refractivity contribution is 7.96. The lowest BCUT2D eigenvalue weighted by molar-refractivity contribution is 0.483. The van der Waals surface area contributed by atoms with Gasteiger partial charge in [0.2, 0.25) is 0 Å². The van der Waals surface area contributed by atoms with Gasteiger partial charge in [0, 0.05) is 11.1 Å². The van der Waals surface area contributed by atoms with Crippen molar-refractivity contribution in [1.82, 2.24) is 5.32 Å². The van der Waals surface area contributed by atoms with Crippen LogP contribution in [0.1, 0.15) is 20.3 Å². The van der Waals surface area contributed by atoms with Crippen LogP contribution in [0.2, 0.25) is 5.02 Å². The lowest BCUT2D eigenvalue weighted by atomic mass is 10.1. The van der Waals surface area contributed by atoms with E-state index in [1.165, 1.54) is 24.3 Å². The highest BCUT2D eigenvalue weighted by Gasteiger charge is 2.45. The van der Waals surface area contributed by atoms with Crippen molar-refractivity contribution in [3.8, 4) is 0 Å².